The lowest BCUT2D eigenvalue weighted by Crippen LogP contribution is -2.38. The first kappa shape index (κ1) is 17.5. The van der Waals surface area contributed by atoms with Crippen LogP contribution in [0.3, 0.4) is 0 Å². The predicted octanol–water partition coefficient (Wildman–Crippen LogP) is 3.50. The lowest BCUT2D eigenvalue weighted by atomic mass is 9.91. The van der Waals surface area contributed by atoms with Crippen LogP contribution in [0.25, 0.3) is 11.3 Å². The molecule has 5 nitrogen and oxygen atoms in total. The first-order chi connectivity index (χ1) is 12.0. The maximum Gasteiger partial charge on any atom is 0.335 e. The van der Waals surface area contributed by atoms with Crippen LogP contribution in [0, 0.1) is 5.92 Å². The van der Waals surface area contributed by atoms with Crippen molar-refractivity contribution in [3.05, 3.63) is 47.9 Å². The molecule has 1 fully saturated rings. The summed E-state index contributed by atoms with van der Waals surface area (Å²) in [6, 6.07) is 7.41. The van der Waals surface area contributed by atoms with Crippen molar-refractivity contribution < 1.29 is 9.90 Å². The van der Waals surface area contributed by atoms with Crippen molar-refractivity contribution in [2.45, 2.75) is 39.2 Å². The second kappa shape index (κ2) is 7.74. The van der Waals surface area contributed by atoms with Crippen LogP contribution in [0.2, 0.25) is 0 Å². The van der Waals surface area contributed by atoms with E-state index in [1.807, 2.05) is 6.20 Å². The second-order valence-electron chi connectivity index (χ2n) is 7.06. The Hall–Kier alpha value is -2.27. The summed E-state index contributed by atoms with van der Waals surface area (Å²) in [6.07, 6.45) is 6.96. The Balaban J connectivity index is 1.67. The molecular weight excluding hydrogens is 314 g/mol. The average molecular weight is 339 g/mol. The molecule has 0 atom stereocenters. The van der Waals surface area contributed by atoms with E-state index in [1.165, 1.54) is 12.8 Å². The van der Waals surface area contributed by atoms with Gasteiger partial charge in [0.15, 0.2) is 0 Å². The molecule has 5 heteroatoms. The molecule has 0 unspecified atom stereocenters. The number of hydrogen-bond donors (Lipinski definition) is 1. The molecule has 0 spiro atoms. The fraction of sp³-hybridized carbons (Fsp3) is 0.450. The smallest absolute Gasteiger partial charge is 0.335 e. The molecule has 25 heavy (non-hydrogen) atoms. The van der Waals surface area contributed by atoms with Crippen LogP contribution in [0.15, 0.2) is 36.7 Å². The van der Waals surface area contributed by atoms with E-state index in [0.29, 0.717) is 12.0 Å². The van der Waals surface area contributed by atoms with Crippen molar-refractivity contribution in [2.24, 2.45) is 5.92 Å². The SMILES string of the molecule is CC(C)N1CCC(Cc2cncc(-c3ccc(C(=O)O)cc3)n2)CC1. The molecule has 0 saturated carbocycles. The van der Waals surface area contributed by atoms with Gasteiger partial charge in [-0.05, 0) is 64.3 Å². The largest absolute Gasteiger partial charge is 0.478 e. The quantitative estimate of drug-likeness (QED) is 0.903. The van der Waals surface area contributed by atoms with E-state index in [0.717, 1.165) is 36.5 Å². The van der Waals surface area contributed by atoms with Crippen molar-refractivity contribution in [2.75, 3.05) is 13.1 Å². The zero-order valence-electron chi connectivity index (χ0n) is 14.9. The van der Waals surface area contributed by atoms with Crippen molar-refractivity contribution in [3.8, 4) is 11.3 Å². The molecule has 1 aliphatic rings. The van der Waals surface area contributed by atoms with E-state index < -0.39 is 5.97 Å². The summed E-state index contributed by atoms with van der Waals surface area (Å²) in [7, 11) is 0. The molecule has 0 amide bonds. The number of rotatable bonds is 5. The van der Waals surface area contributed by atoms with Gasteiger partial charge in [0.2, 0.25) is 0 Å². The molecule has 1 aliphatic heterocycles. The van der Waals surface area contributed by atoms with Crippen LogP contribution in [0.4, 0.5) is 0 Å². The highest BCUT2D eigenvalue weighted by Crippen LogP contribution is 2.23. The van der Waals surface area contributed by atoms with E-state index in [9.17, 15) is 4.79 Å². The summed E-state index contributed by atoms with van der Waals surface area (Å²) < 4.78 is 0. The minimum absolute atomic E-state index is 0.282. The third kappa shape index (κ3) is 4.42. The van der Waals surface area contributed by atoms with Crippen molar-refractivity contribution in [3.63, 3.8) is 0 Å². The Kier molecular flexibility index (Phi) is 5.43. The second-order valence-corrected chi connectivity index (χ2v) is 7.06. The van der Waals surface area contributed by atoms with E-state index in [2.05, 4.69) is 23.7 Å². The number of hydrogen-bond acceptors (Lipinski definition) is 4. The van der Waals surface area contributed by atoms with Crippen LogP contribution in [0.1, 0.15) is 42.7 Å². The van der Waals surface area contributed by atoms with Gasteiger partial charge in [-0.15, -0.1) is 0 Å². The minimum Gasteiger partial charge on any atom is -0.478 e. The van der Waals surface area contributed by atoms with Gasteiger partial charge in [0.1, 0.15) is 0 Å². The molecule has 2 heterocycles. The molecule has 1 aromatic carbocycles. The van der Waals surface area contributed by atoms with Gasteiger partial charge in [-0.25, -0.2) is 9.78 Å². The third-order valence-electron chi connectivity index (χ3n) is 4.99. The van der Waals surface area contributed by atoms with Crippen molar-refractivity contribution >= 4 is 5.97 Å². The Labute approximate surface area is 148 Å². The molecule has 0 bridgehead atoms. The topological polar surface area (TPSA) is 66.3 Å². The molecule has 3 rings (SSSR count). The first-order valence-corrected chi connectivity index (χ1v) is 8.91. The Morgan fingerprint density at radius 3 is 2.48 bits per heavy atom. The molecule has 1 aromatic heterocycles. The number of nitrogens with zero attached hydrogens (tertiary/aromatic N) is 3. The van der Waals surface area contributed by atoms with Crippen LogP contribution < -0.4 is 0 Å². The van der Waals surface area contributed by atoms with Gasteiger partial charge >= 0.3 is 5.97 Å². The highest BCUT2D eigenvalue weighted by Gasteiger charge is 2.21. The third-order valence-corrected chi connectivity index (χ3v) is 4.99. The molecular formula is C20H25N3O2. The van der Waals surface area contributed by atoms with Gasteiger partial charge in [0.25, 0.3) is 0 Å². The van der Waals surface area contributed by atoms with Gasteiger partial charge in [-0.3, -0.25) is 4.98 Å². The predicted molar refractivity (Wildman–Crippen MR) is 97.6 cm³/mol. The molecule has 0 radical (unpaired) electrons. The van der Waals surface area contributed by atoms with Crippen molar-refractivity contribution in [1.82, 2.24) is 14.9 Å². The van der Waals surface area contributed by atoms with Gasteiger partial charge in [0.05, 0.1) is 23.1 Å². The maximum absolute atomic E-state index is 11.0. The Morgan fingerprint density at radius 1 is 1.20 bits per heavy atom. The summed E-state index contributed by atoms with van der Waals surface area (Å²) in [5.74, 6) is -0.256. The number of piperidine rings is 1. The van der Waals surface area contributed by atoms with Gasteiger partial charge in [-0.1, -0.05) is 12.1 Å². The highest BCUT2D eigenvalue weighted by molar-refractivity contribution is 5.88. The van der Waals surface area contributed by atoms with Gasteiger partial charge in [-0.2, -0.15) is 0 Å². The minimum atomic E-state index is -0.917. The summed E-state index contributed by atoms with van der Waals surface area (Å²) in [5, 5.41) is 8.99. The zero-order chi connectivity index (χ0) is 17.8. The molecule has 0 aliphatic carbocycles. The van der Waals surface area contributed by atoms with Crippen LogP contribution in [0.5, 0.6) is 0 Å². The number of carboxylic acid groups (broad SMARTS) is 1. The van der Waals surface area contributed by atoms with E-state index in [1.54, 1.807) is 30.5 Å². The number of likely N-dealkylation sites (tertiary alicyclic amines) is 1. The fourth-order valence-electron chi connectivity index (χ4n) is 3.40. The number of carbonyl (C=O) groups is 1. The Morgan fingerprint density at radius 2 is 1.88 bits per heavy atom. The van der Waals surface area contributed by atoms with Crippen molar-refractivity contribution in [1.29, 1.82) is 0 Å². The van der Waals surface area contributed by atoms with E-state index in [4.69, 9.17) is 10.1 Å². The fourth-order valence-corrected chi connectivity index (χ4v) is 3.40. The first-order valence-electron chi connectivity index (χ1n) is 8.91. The molecule has 1 N–H and O–H groups in total. The number of carboxylic acids is 1. The van der Waals surface area contributed by atoms with Gasteiger partial charge in [0, 0.05) is 17.8 Å². The normalized spacial score (nSPS) is 16.3. The van der Waals surface area contributed by atoms with Gasteiger partial charge < -0.3 is 10.0 Å². The van der Waals surface area contributed by atoms with E-state index in [-0.39, 0.29) is 5.56 Å². The lowest BCUT2D eigenvalue weighted by molar-refractivity contribution is 0.0697. The molecule has 2 aromatic rings. The standard InChI is InChI=1S/C20H25N3O2/c1-14(2)23-9-7-15(8-10-23)11-18-12-21-13-19(22-18)16-3-5-17(6-4-16)20(24)25/h3-6,12-15H,7-11H2,1-2H3,(H,24,25). The summed E-state index contributed by atoms with van der Waals surface area (Å²) in [5.41, 5.74) is 3.00. The molecule has 132 valence electrons. The lowest BCUT2D eigenvalue weighted by Gasteiger charge is -2.34. The number of aromatic nitrogens is 2. The monoisotopic (exact) mass is 339 g/mol. The van der Waals surface area contributed by atoms with Crippen LogP contribution in [-0.4, -0.2) is 45.1 Å². The average Bonchev–Trinajstić information content (AvgIpc) is 2.62. The zero-order valence-corrected chi connectivity index (χ0v) is 14.9. The van der Waals surface area contributed by atoms with E-state index >= 15 is 0 Å². The summed E-state index contributed by atoms with van der Waals surface area (Å²) >= 11 is 0. The highest BCUT2D eigenvalue weighted by atomic mass is 16.4. The number of benzene rings is 1. The van der Waals surface area contributed by atoms with Crippen LogP contribution >= 0.6 is 0 Å². The maximum atomic E-state index is 11.0. The summed E-state index contributed by atoms with van der Waals surface area (Å²) in [6.45, 7) is 6.83. The van der Waals surface area contributed by atoms with Crippen LogP contribution in [-0.2, 0) is 6.42 Å². The summed E-state index contributed by atoms with van der Waals surface area (Å²) in [4.78, 5) is 22.6. The number of aromatic carboxylic acids is 1. The Bertz CT molecular complexity index is 720. The molecule has 1 saturated heterocycles.